The van der Waals surface area contributed by atoms with E-state index < -0.39 is 0 Å². The number of hydrogen-bond donors (Lipinski definition) is 1. The Morgan fingerprint density at radius 1 is 1.03 bits per heavy atom. The molecule has 1 aliphatic rings. The lowest BCUT2D eigenvalue weighted by atomic mass is 9.88. The van der Waals surface area contributed by atoms with E-state index in [9.17, 15) is 9.59 Å². The first kappa shape index (κ1) is 22.8. The fraction of sp³-hybridized carbons (Fsp3) is 0.370. The van der Waals surface area contributed by atoms with Crippen molar-refractivity contribution in [3.63, 3.8) is 0 Å². The number of benzene rings is 2. The van der Waals surface area contributed by atoms with E-state index in [4.69, 9.17) is 0 Å². The molecule has 0 saturated carbocycles. The van der Waals surface area contributed by atoms with Crippen LogP contribution in [0.3, 0.4) is 0 Å². The van der Waals surface area contributed by atoms with Gasteiger partial charge < -0.3 is 10.2 Å². The van der Waals surface area contributed by atoms with E-state index in [0.29, 0.717) is 17.2 Å². The van der Waals surface area contributed by atoms with Gasteiger partial charge in [-0.15, -0.1) is 0 Å². The Morgan fingerprint density at radius 3 is 2.33 bits per heavy atom. The second kappa shape index (κ2) is 9.61. The first-order valence-corrected chi connectivity index (χ1v) is 11.6. The molecule has 6 heteroatoms. The molecule has 0 bridgehead atoms. The summed E-state index contributed by atoms with van der Waals surface area (Å²) in [5.74, 6) is 0.329. The van der Waals surface area contributed by atoms with Crippen molar-refractivity contribution in [2.45, 2.75) is 39.5 Å². The smallest absolute Gasteiger partial charge is 0.253 e. The number of carbonyl (C=O) groups is 2. The molecule has 0 aliphatic carbocycles. The van der Waals surface area contributed by atoms with Crippen molar-refractivity contribution in [1.29, 1.82) is 0 Å². The standard InChI is InChI=1S/C27H32N4O2/c1-18(2)26(32)29-25-15-23(6-5-19(25)3)27(33)31-13-11-22(12-14-31)20-7-9-21(10-8-20)24-16-28-30(4)17-24/h5-10,15-18,22H,11-14H2,1-4H3,(H,29,32). The minimum Gasteiger partial charge on any atom is -0.339 e. The van der Waals surface area contributed by atoms with Gasteiger partial charge in [0.25, 0.3) is 5.91 Å². The number of aryl methyl sites for hydroxylation is 2. The highest BCUT2D eigenvalue weighted by molar-refractivity contribution is 5.98. The molecule has 1 fully saturated rings. The highest BCUT2D eigenvalue weighted by Gasteiger charge is 2.25. The Morgan fingerprint density at radius 2 is 1.73 bits per heavy atom. The molecule has 1 saturated heterocycles. The van der Waals surface area contributed by atoms with Crippen molar-refractivity contribution in [3.8, 4) is 11.1 Å². The zero-order chi connectivity index (χ0) is 23.5. The number of nitrogens with zero attached hydrogens (tertiary/aromatic N) is 3. The summed E-state index contributed by atoms with van der Waals surface area (Å²) >= 11 is 0. The summed E-state index contributed by atoms with van der Waals surface area (Å²) in [7, 11) is 1.92. The Labute approximate surface area is 195 Å². The largest absolute Gasteiger partial charge is 0.339 e. The Hall–Kier alpha value is -3.41. The number of anilines is 1. The van der Waals surface area contributed by atoms with E-state index in [1.807, 2.05) is 61.9 Å². The summed E-state index contributed by atoms with van der Waals surface area (Å²) in [4.78, 5) is 27.2. The zero-order valence-corrected chi connectivity index (χ0v) is 19.8. The predicted molar refractivity (Wildman–Crippen MR) is 131 cm³/mol. The lowest BCUT2D eigenvalue weighted by Gasteiger charge is -2.32. The quantitative estimate of drug-likeness (QED) is 0.602. The molecule has 0 atom stereocenters. The zero-order valence-electron chi connectivity index (χ0n) is 19.8. The van der Waals surface area contributed by atoms with Crippen molar-refractivity contribution in [2.24, 2.45) is 13.0 Å². The van der Waals surface area contributed by atoms with Crippen LogP contribution < -0.4 is 5.32 Å². The van der Waals surface area contributed by atoms with Gasteiger partial charge in [-0.3, -0.25) is 14.3 Å². The first-order valence-electron chi connectivity index (χ1n) is 11.6. The van der Waals surface area contributed by atoms with E-state index in [-0.39, 0.29) is 17.7 Å². The minimum absolute atomic E-state index is 0.0282. The molecule has 0 spiro atoms. The molecule has 2 heterocycles. The number of hydrogen-bond acceptors (Lipinski definition) is 3. The van der Waals surface area contributed by atoms with Crippen molar-refractivity contribution < 1.29 is 9.59 Å². The third-order valence-electron chi connectivity index (χ3n) is 6.47. The van der Waals surface area contributed by atoms with Crippen LogP contribution >= 0.6 is 0 Å². The molecule has 1 N–H and O–H groups in total. The molecular weight excluding hydrogens is 412 g/mol. The van der Waals surface area contributed by atoms with Crippen molar-refractivity contribution in [3.05, 3.63) is 71.5 Å². The fourth-order valence-electron chi connectivity index (χ4n) is 4.28. The third kappa shape index (κ3) is 5.16. The molecular formula is C27H32N4O2. The summed E-state index contributed by atoms with van der Waals surface area (Å²) < 4.78 is 1.81. The SMILES string of the molecule is Cc1ccc(C(=O)N2CCC(c3ccc(-c4cnn(C)c4)cc3)CC2)cc1NC(=O)C(C)C. The molecule has 33 heavy (non-hydrogen) atoms. The topological polar surface area (TPSA) is 67.2 Å². The van der Waals surface area contributed by atoms with Gasteiger partial charge in [-0.05, 0) is 54.5 Å². The van der Waals surface area contributed by atoms with Crippen LogP contribution in [-0.2, 0) is 11.8 Å². The van der Waals surface area contributed by atoms with Crippen LogP contribution in [-0.4, -0.2) is 39.6 Å². The number of likely N-dealkylation sites (tertiary alicyclic amines) is 1. The number of piperidine rings is 1. The van der Waals surface area contributed by atoms with Crippen molar-refractivity contribution >= 4 is 17.5 Å². The van der Waals surface area contributed by atoms with Gasteiger partial charge in [0.2, 0.25) is 5.91 Å². The number of carbonyl (C=O) groups excluding carboxylic acids is 2. The van der Waals surface area contributed by atoms with Crippen LogP contribution in [0.4, 0.5) is 5.69 Å². The maximum absolute atomic E-state index is 13.1. The number of rotatable bonds is 5. The van der Waals surface area contributed by atoms with E-state index in [2.05, 4.69) is 34.7 Å². The molecule has 6 nitrogen and oxygen atoms in total. The maximum atomic E-state index is 13.1. The summed E-state index contributed by atoms with van der Waals surface area (Å²) in [6, 6.07) is 14.3. The van der Waals surface area contributed by atoms with E-state index >= 15 is 0 Å². The monoisotopic (exact) mass is 444 g/mol. The highest BCUT2D eigenvalue weighted by Crippen LogP contribution is 2.31. The van der Waals surface area contributed by atoms with Crippen LogP contribution in [0.15, 0.2) is 54.9 Å². The normalized spacial score (nSPS) is 14.5. The third-order valence-corrected chi connectivity index (χ3v) is 6.47. The van der Waals surface area contributed by atoms with Gasteiger partial charge in [-0.1, -0.05) is 44.2 Å². The van der Waals surface area contributed by atoms with Crippen LogP contribution in [0.25, 0.3) is 11.1 Å². The number of nitrogens with one attached hydrogen (secondary N) is 1. The van der Waals surface area contributed by atoms with Gasteiger partial charge in [0.05, 0.1) is 6.20 Å². The summed E-state index contributed by atoms with van der Waals surface area (Å²) in [6.07, 6.45) is 5.79. The summed E-state index contributed by atoms with van der Waals surface area (Å²) in [5, 5.41) is 7.18. The van der Waals surface area contributed by atoms with E-state index in [1.54, 1.807) is 6.07 Å². The number of aromatic nitrogens is 2. The predicted octanol–water partition coefficient (Wildman–Crippen LogP) is 5.01. The average molecular weight is 445 g/mol. The Balaban J connectivity index is 1.38. The van der Waals surface area contributed by atoms with Gasteiger partial charge in [0.1, 0.15) is 0 Å². The van der Waals surface area contributed by atoms with Gasteiger partial charge in [0.15, 0.2) is 0 Å². The van der Waals surface area contributed by atoms with Gasteiger partial charge in [-0.25, -0.2) is 0 Å². The molecule has 172 valence electrons. The minimum atomic E-state index is -0.110. The number of amides is 2. The van der Waals surface area contributed by atoms with Crippen LogP contribution in [0, 0.1) is 12.8 Å². The molecule has 0 radical (unpaired) electrons. The summed E-state index contributed by atoms with van der Waals surface area (Å²) in [5.41, 5.74) is 5.89. The maximum Gasteiger partial charge on any atom is 0.253 e. The molecule has 4 rings (SSSR count). The van der Waals surface area contributed by atoms with E-state index in [0.717, 1.165) is 37.1 Å². The first-order chi connectivity index (χ1) is 15.8. The molecule has 2 amide bonds. The lowest BCUT2D eigenvalue weighted by Crippen LogP contribution is -2.38. The molecule has 1 aromatic heterocycles. The van der Waals surface area contributed by atoms with Crippen molar-refractivity contribution in [1.82, 2.24) is 14.7 Å². The van der Waals surface area contributed by atoms with Crippen LogP contribution in [0.5, 0.6) is 0 Å². The summed E-state index contributed by atoms with van der Waals surface area (Å²) in [6.45, 7) is 7.12. The average Bonchev–Trinajstić information content (AvgIpc) is 3.26. The fourth-order valence-corrected chi connectivity index (χ4v) is 4.28. The van der Waals surface area contributed by atoms with Crippen molar-refractivity contribution in [2.75, 3.05) is 18.4 Å². The van der Waals surface area contributed by atoms with Gasteiger partial charge in [-0.2, -0.15) is 5.10 Å². The van der Waals surface area contributed by atoms with Crippen LogP contribution in [0.2, 0.25) is 0 Å². The highest BCUT2D eigenvalue weighted by atomic mass is 16.2. The van der Waals surface area contributed by atoms with E-state index in [1.165, 1.54) is 11.1 Å². The second-order valence-electron chi connectivity index (χ2n) is 9.26. The second-order valence-corrected chi connectivity index (χ2v) is 9.26. The van der Waals surface area contributed by atoms with Gasteiger partial charge >= 0.3 is 0 Å². The molecule has 2 aromatic carbocycles. The molecule has 0 unspecified atom stereocenters. The Bertz CT molecular complexity index is 1140. The lowest BCUT2D eigenvalue weighted by molar-refractivity contribution is -0.118. The van der Waals surface area contributed by atoms with Crippen LogP contribution in [0.1, 0.15) is 54.1 Å². The molecule has 1 aliphatic heterocycles. The molecule has 3 aromatic rings. The van der Waals surface area contributed by atoms with Gasteiger partial charge in [0, 0.05) is 49.1 Å². The Kier molecular flexibility index (Phi) is 6.63.